The van der Waals surface area contributed by atoms with E-state index in [0.717, 1.165) is 16.7 Å². The van der Waals surface area contributed by atoms with Crippen LogP contribution in [0.2, 0.25) is 0 Å². The standard InChI is InChI=1S/C16H14BrFO/c1-9-7-10(2)14(11(3)8-9)16(19)15-12(17)5-4-6-13(15)18/h4-8H,1-3H3. The Hall–Kier alpha value is -1.48. The summed E-state index contributed by atoms with van der Waals surface area (Å²) in [6.45, 7) is 5.73. The summed E-state index contributed by atoms with van der Waals surface area (Å²) in [5.74, 6) is -0.779. The van der Waals surface area contributed by atoms with Gasteiger partial charge in [-0.3, -0.25) is 4.79 Å². The maximum atomic E-state index is 13.9. The summed E-state index contributed by atoms with van der Waals surface area (Å²) in [5.41, 5.74) is 3.52. The van der Waals surface area contributed by atoms with Crippen molar-refractivity contribution < 1.29 is 9.18 Å². The minimum Gasteiger partial charge on any atom is -0.288 e. The van der Waals surface area contributed by atoms with E-state index in [1.165, 1.54) is 6.07 Å². The molecule has 0 aliphatic carbocycles. The van der Waals surface area contributed by atoms with Crippen LogP contribution >= 0.6 is 15.9 Å². The Kier molecular flexibility index (Phi) is 3.85. The van der Waals surface area contributed by atoms with Crippen LogP contribution in [0.5, 0.6) is 0 Å². The Morgan fingerprint density at radius 2 is 1.63 bits per heavy atom. The molecule has 3 heteroatoms. The first-order valence-corrected chi connectivity index (χ1v) is 6.77. The maximum absolute atomic E-state index is 13.9. The van der Waals surface area contributed by atoms with Gasteiger partial charge in [-0.2, -0.15) is 0 Å². The average Bonchev–Trinajstić information content (AvgIpc) is 2.26. The van der Waals surface area contributed by atoms with Crippen molar-refractivity contribution in [1.29, 1.82) is 0 Å². The number of carbonyl (C=O) groups excluding carboxylic acids is 1. The van der Waals surface area contributed by atoms with Gasteiger partial charge in [-0.1, -0.05) is 23.8 Å². The Morgan fingerprint density at radius 3 is 2.16 bits per heavy atom. The third-order valence-electron chi connectivity index (χ3n) is 3.09. The molecule has 0 aliphatic heterocycles. The normalized spacial score (nSPS) is 10.6. The lowest BCUT2D eigenvalue weighted by Gasteiger charge is -2.12. The van der Waals surface area contributed by atoms with Crippen molar-refractivity contribution >= 4 is 21.7 Å². The van der Waals surface area contributed by atoms with Gasteiger partial charge in [-0.05, 0) is 60.0 Å². The molecule has 1 nitrogen and oxygen atoms in total. The number of rotatable bonds is 2. The number of ketones is 1. The van der Waals surface area contributed by atoms with E-state index in [1.54, 1.807) is 12.1 Å². The molecule has 0 N–H and O–H groups in total. The highest BCUT2D eigenvalue weighted by Gasteiger charge is 2.20. The molecule has 0 heterocycles. The fourth-order valence-electron chi connectivity index (χ4n) is 2.38. The van der Waals surface area contributed by atoms with Crippen LogP contribution in [0.25, 0.3) is 0 Å². The summed E-state index contributed by atoms with van der Waals surface area (Å²) < 4.78 is 14.4. The minimum atomic E-state index is -0.501. The Morgan fingerprint density at radius 1 is 1.05 bits per heavy atom. The van der Waals surface area contributed by atoms with E-state index in [-0.39, 0.29) is 11.3 Å². The van der Waals surface area contributed by atoms with Crippen molar-refractivity contribution in [3.63, 3.8) is 0 Å². The summed E-state index contributed by atoms with van der Waals surface area (Å²) in [6.07, 6.45) is 0. The van der Waals surface area contributed by atoms with E-state index in [9.17, 15) is 9.18 Å². The topological polar surface area (TPSA) is 17.1 Å². The number of hydrogen-bond acceptors (Lipinski definition) is 1. The smallest absolute Gasteiger partial charge is 0.197 e. The summed E-state index contributed by atoms with van der Waals surface area (Å²) in [4.78, 5) is 12.6. The Bertz CT molecular complexity index is 619. The third-order valence-corrected chi connectivity index (χ3v) is 3.75. The van der Waals surface area contributed by atoms with Gasteiger partial charge in [-0.15, -0.1) is 0 Å². The van der Waals surface area contributed by atoms with Gasteiger partial charge in [-0.25, -0.2) is 4.39 Å². The molecule has 19 heavy (non-hydrogen) atoms. The van der Waals surface area contributed by atoms with Gasteiger partial charge in [0.05, 0.1) is 5.56 Å². The van der Waals surface area contributed by atoms with E-state index in [2.05, 4.69) is 15.9 Å². The van der Waals surface area contributed by atoms with Crippen LogP contribution in [0.15, 0.2) is 34.8 Å². The number of halogens is 2. The molecule has 0 radical (unpaired) electrons. The molecule has 0 bridgehead atoms. The molecule has 2 aromatic rings. The van der Waals surface area contributed by atoms with E-state index >= 15 is 0 Å². The molecular weight excluding hydrogens is 307 g/mol. The summed E-state index contributed by atoms with van der Waals surface area (Å²) >= 11 is 3.25. The fourth-order valence-corrected chi connectivity index (χ4v) is 2.90. The van der Waals surface area contributed by atoms with Gasteiger partial charge >= 0.3 is 0 Å². The molecule has 0 saturated carbocycles. The predicted octanol–water partition coefficient (Wildman–Crippen LogP) is 4.74. The lowest BCUT2D eigenvalue weighted by atomic mass is 9.93. The van der Waals surface area contributed by atoms with Crippen molar-refractivity contribution in [1.82, 2.24) is 0 Å². The lowest BCUT2D eigenvalue weighted by Crippen LogP contribution is -2.09. The second-order valence-electron chi connectivity index (χ2n) is 4.70. The van der Waals surface area contributed by atoms with Crippen LogP contribution < -0.4 is 0 Å². The minimum absolute atomic E-state index is 0.0950. The van der Waals surface area contributed by atoms with Crippen molar-refractivity contribution in [3.8, 4) is 0 Å². The molecule has 0 saturated heterocycles. The molecule has 98 valence electrons. The van der Waals surface area contributed by atoms with E-state index in [0.29, 0.717) is 10.0 Å². The highest BCUT2D eigenvalue weighted by molar-refractivity contribution is 9.10. The van der Waals surface area contributed by atoms with Crippen LogP contribution in [-0.2, 0) is 0 Å². The zero-order chi connectivity index (χ0) is 14.2. The van der Waals surface area contributed by atoms with E-state index < -0.39 is 5.82 Å². The molecule has 0 atom stereocenters. The maximum Gasteiger partial charge on any atom is 0.197 e. The fraction of sp³-hybridized carbons (Fsp3) is 0.188. The second-order valence-corrected chi connectivity index (χ2v) is 5.55. The van der Waals surface area contributed by atoms with Crippen LogP contribution in [0.4, 0.5) is 4.39 Å². The Labute approximate surface area is 120 Å². The van der Waals surface area contributed by atoms with Crippen molar-refractivity contribution in [2.75, 3.05) is 0 Å². The predicted molar refractivity (Wildman–Crippen MR) is 78.2 cm³/mol. The number of benzene rings is 2. The first kappa shape index (κ1) is 13.9. The van der Waals surface area contributed by atoms with Crippen LogP contribution in [0.3, 0.4) is 0 Å². The molecule has 0 spiro atoms. The molecule has 0 aliphatic rings. The quantitative estimate of drug-likeness (QED) is 0.730. The van der Waals surface area contributed by atoms with E-state index in [4.69, 9.17) is 0 Å². The van der Waals surface area contributed by atoms with Crippen LogP contribution in [0.1, 0.15) is 32.6 Å². The van der Waals surface area contributed by atoms with Gasteiger partial charge in [0.1, 0.15) is 5.82 Å². The van der Waals surface area contributed by atoms with Gasteiger partial charge in [0.15, 0.2) is 5.78 Å². The SMILES string of the molecule is Cc1cc(C)c(C(=O)c2c(F)cccc2Br)c(C)c1. The van der Waals surface area contributed by atoms with Crippen LogP contribution in [0, 0.1) is 26.6 Å². The molecule has 2 rings (SSSR count). The summed E-state index contributed by atoms with van der Waals surface area (Å²) in [6, 6.07) is 8.43. The number of hydrogen-bond donors (Lipinski definition) is 0. The molecular formula is C16H14BrFO. The summed E-state index contributed by atoms with van der Waals surface area (Å²) in [7, 11) is 0. The summed E-state index contributed by atoms with van der Waals surface area (Å²) in [5, 5.41) is 0. The monoisotopic (exact) mass is 320 g/mol. The number of carbonyl (C=O) groups is 1. The van der Waals surface area contributed by atoms with Gasteiger partial charge in [0, 0.05) is 10.0 Å². The average molecular weight is 321 g/mol. The Balaban J connectivity index is 2.64. The molecule has 0 fully saturated rings. The van der Waals surface area contributed by atoms with Gasteiger partial charge in [0.25, 0.3) is 0 Å². The van der Waals surface area contributed by atoms with E-state index in [1.807, 2.05) is 32.9 Å². The first-order valence-electron chi connectivity index (χ1n) is 5.98. The zero-order valence-corrected chi connectivity index (χ0v) is 12.6. The highest BCUT2D eigenvalue weighted by atomic mass is 79.9. The molecule has 0 unspecified atom stereocenters. The highest BCUT2D eigenvalue weighted by Crippen LogP contribution is 2.26. The molecule has 0 amide bonds. The molecule has 0 aromatic heterocycles. The van der Waals surface area contributed by atoms with Crippen molar-refractivity contribution in [2.24, 2.45) is 0 Å². The molecule has 2 aromatic carbocycles. The number of aryl methyl sites for hydroxylation is 3. The van der Waals surface area contributed by atoms with Gasteiger partial charge in [0.2, 0.25) is 0 Å². The zero-order valence-electron chi connectivity index (χ0n) is 11.1. The van der Waals surface area contributed by atoms with Crippen molar-refractivity contribution in [3.05, 3.63) is 68.4 Å². The first-order chi connectivity index (χ1) is 8.91. The lowest BCUT2D eigenvalue weighted by molar-refractivity contribution is 0.103. The van der Waals surface area contributed by atoms with Crippen molar-refractivity contribution in [2.45, 2.75) is 20.8 Å². The van der Waals surface area contributed by atoms with Crippen LogP contribution in [-0.4, -0.2) is 5.78 Å². The largest absolute Gasteiger partial charge is 0.288 e. The van der Waals surface area contributed by atoms with Gasteiger partial charge < -0.3 is 0 Å². The third kappa shape index (κ3) is 2.61. The second kappa shape index (κ2) is 5.25.